The van der Waals surface area contributed by atoms with Crippen molar-refractivity contribution in [3.05, 3.63) is 23.8 Å². The van der Waals surface area contributed by atoms with Crippen LogP contribution in [0.1, 0.15) is 5.56 Å². The van der Waals surface area contributed by atoms with E-state index in [0.717, 1.165) is 23.5 Å². The molecular weight excluding hydrogens is 162 g/mol. The lowest BCUT2D eigenvalue weighted by atomic mass is 10.2. The third kappa shape index (κ3) is 2.36. The predicted octanol–water partition coefficient (Wildman–Crippen LogP) is 0.972. The Hall–Kier alpha value is -1.22. The minimum absolute atomic E-state index is 0.667. The Balaban J connectivity index is 2.84. The second kappa shape index (κ2) is 4.14. The van der Waals surface area contributed by atoms with E-state index in [2.05, 4.69) is 11.0 Å². The maximum absolute atomic E-state index is 5.72. The fourth-order valence-corrected chi connectivity index (χ4v) is 1.22. The standard InChI is InChI=1S/C10H17N3/c1-8-7-9(3-4-10(8)12)13(2)6-5-11/h3-4,7H,5-6,11-12H2,1-2H3. The minimum Gasteiger partial charge on any atom is -0.399 e. The van der Waals surface area contributed by atoms with Gasteiger partial charge in [0.2, 0.25) is 0 Å². The maximum Gasteiger partial charge on any atom is 0.0368 e. The third-order valence-electron chi connectivity index (χ3n) is 2.16. The highest BCUT2D eigenvalue weighted by molar-refractivity contribution is 5.57. The van der Waals surface area contributed by atoms with Gasteiger partial charge in [-0.25, -0.2) is 0 Å². The number of nitrogen functional groups attached to an aromatic ring is 1. The summed E-state index contributed by atoms with van der Waals surface area (Å²) in [6.45, 7) is 3.54. The number of hydrogen-bond donors (Lipinski definition) is 2. The van der Waals surface area contributed by atoms with Crippen LogP contribution in [-0.2, 0) is 0 Å². The van der Waals surface area contributed by atoms with Crippen LogP contribution in [0.4, 0.5) is 11.4 Å². The SMILES string of the molecule is Cc1cc(N(C)CCN)ccc1N. The molecule has 0 saturated heterocycles. The Kier molecular flexibility index (Phi) is 3.14. The highest BCUT2D eigenvalue weighted by Crippen LogP contribution is 2.18. The van der Waals surface area contributed by atoms with Crippen LogP contribution in [0.25, 0.3) is 0 Å². The molecule has 0 amide bonds. The van der Waals surface area contributed by atoms with E-state index in [9.17, 15) is 0 Å². The molecule has 0 bridgehead atoms. The molecule has 3 heteroatoms. The second-order valence-corrected chi connectivity index (χ2v) is 3.25. The highest BCUT2D eigenvalue weighted by Gasteiger charge is 2.00. The molecule has 1 aromatic rings. The number of benzene rings is 1. The Morgan fingerprint density at radius 1 is 1.38 bits per heavy atom. The van der Waals surface area contributed by atoms with E-state index in [0.29, 0.717) is 6.54 Å². The number of rotatable bonds is 3. The molecule has 1 rings (SSSR count). The molecule has 0 aliphatic carbocycles. The first-order valence-corrected chi connectivity index (χ1v) is 4.42. The summed E-state index contributed by atoms with van der Waals surface area (Å²) >= 11 is 0. The van der Waals surface area contributed by atoms with Crippen LogP contribution in [0.15, 0.2) is 18.2 Å². The molecule has 0 atom stereocenters. The van der Waals surface area contributed by atoms with Crippen molar-refractivity contribution in [1.82, 2.24) is 0 Å². The monoisotopic (exact) mass is 179 g/mol. The zero-order valence-electron chi connectivity index (χ0n) is 8.25. The summed E-state index contributed by atoms with van der Waals surface area (Å²) in [6, 6.07) is 6.01. The number of likely N-dealkylation sites (N-methyl/N-ethyl adjacent to an activating group) is 1. The van der Waals surface area contributed by atoms with Crippen LogP contribution in [0.5, 0.6) is 0 Å². The average Bonchev–Trinajstić information content (AvgIpc) is 2.10. The van der Waals surface area contributed by atoms with Crippen molar-refractivity contribution in [2.24, 2.45) is 5.73 Å². The van der Waals surface area contributed by atoms with Crippen LogP contribution in [-0.4, -0.2) is 20.1 Å². The molecule has 72 valence electrons. The van der Waals surface area contributed by atoms with Gasteiger partial charge in [-0.2, -0.15) is 0 Å². The van der Waals surface area contributed by atoms with E-state index in [1.807, 2.05) is 26.1 Å². The number of nitrogens with two attached hydrogens (primary N) is 2. The Labute approximate surface area is 79.3 Å². The summed E-state index contributed by atoms with van der Waals surface area (Å²) in [7, 11) is 2.03. The number of aryl methyl sites for hydroxylation is 1. The first kappa shape index (κ1) is 9.86. The van der Waals surface area contributed by atoms with Gasteiger partial charge in [-0.3, -0.25) is 0 Å². The van der Waals surface area contributed by atoms with Gasteiger partial charge in [0.05, 0.1) is 0 Å². The van der Waals surface area contributed by atoms with E-state index >= 15 is 0 Å². The van der Waals surface area contributed by atoms with E-state index in [1.54, 1.807) is 0 Å². The summed E-state index contributed by atoms with van der Waals surface area (Å²) in [5, 5.41) is 0. The zero-order chi connectivity index (χ0) is 9.84. The molecule has 0 saturated carbocycles. The largest absolute Gasteiger partial charge is 0.399 e. The van der Waals surface area contributed by atoms with Gasteiger partial charge in [0.15, 0.2) is 0 Å². The molecule has 0 radical (unpaired) electrons. The van der Waals surface area contributed by atoms with E-state index in [1.165, 1.54) is 0 Å². The molecule has 0 unspecified atom stereocenters. The van der Waals surface area contributed by atoms with Crippen LogP contribution in [0.2, 0.25) is 0 Å². The molecule has 4 N–H and O–H groups in total. The summed E-state index contributed by atoms with van der Waals surface area (Å²) in [4.78, 5) is 2.12. The van der Waals surface area contributed by atoms with E-state index < -0.39 is 0 Å². The van der Waals surface area contributed by atoms with Gasteiger partial charge in [-0.15, -0.1) is 0 Å². The molecule has 0 spiro atoms. The van der Waals surface area contributed by atoms with Crippen molar-refractivity contribution in [3.63, 3.8) is 0 Å². The Bertz CT molecular complexity index is 283. The van der Waals surface area contributed by atoms with Crippen LogP contribution < -0.4 is 16.4 Å². The lowest BCUT2D eigenvalue weighted by molar-refractivity contribution is 0.885. The van der Waals surface area contributed by atoms with Crippen molar-refractivity contribution < 1.29 is 0 Å². The van der Waals surface area contributed by atoms with Gasteiger partial charge in [-0.05, 0) is 30.7 Å². The molecule has 0 fully saturated rings. The van der Waals surface area contributed by atoms with Crippen molar-refractivity contribution in [2.45, 2.75) is 6.92 Å². The normalized spacial score (nSPS) is 10.1. The maximum atomic E-state index is 5.72. The first-order chi connectivity index (χ1) is 6.15. The van der Waals surface area contributed by atoms with Crippen LogP contribution in [0.3, 0.4) is 0 Å². The average molecular weight is 179 g/mol. The molecule has 0 heterocycles. The van der Waals surface area contributed by atoms with Gasteiger partial charge >= 0.3 is 0 Å². The van der Waals surface area contributed by atoms with E-state index in [4.69, 9.17) is 11.5 Å². The van der Waals surface area contributed by atoms with Crippen LogP contribution >= 0.6 is 0 Å². The van der Waals surface area contributed by atoms with Gasteiger partial charge < -0.3 is 16.4 Å². The second-order valence-electron chi connectivity index (χ2n) is 3.25. The lowest BCUT2D eigenvalue weighted by Crippen LogP contribution is -2.24. The lowest BCUT2D eigenvalue weighted by Gasteiger charge is -2.19. The van der Waals surface area contributed by atoms with Crippen molar-refractivity contribution in [1.29, 1.82) is 0 Å². The Morgan fingerprint density at radius 3 is 2.62 bits per heavy atom. The van der Waals surface area contributed by atoms with Crippen molar-refractivity contribution in [2.75, 3.05) is 30.8 Å². The van der Waals surface area contributed by atoms with Gasteiger partial charge in [-0.1, -0.05) is 0 Å². The number of hydrogen-bond acceptors (Lipinski definition) is 3. The topological polar surface area (TPSA) is 55.3 Å². The molecule has 0 aliphatic heterocycles. The molecule has 1 aromatic carbocycles. The summed E-state index contributed by atoms with van der Waals surface area (Å²) in [5.74, 6) is 0. The zero-order valence-corrected chi connectivity index (χ0v) is 8.25. The fraction of sp³-hybridized carbons (Fsp3) is 0.400. The third-order valence-corrected chi connectivity index (χ3v) is 2.16. The summed E-state index contributed by atoms with van der Waals surface area (Å²) in [5.41, 5.74) is 14.3. The van der Waals surface area contributed by atoms with Crippen molar-refractivity contribution >= 4 is 11.4 Å². The fourth-order valence-electron chi connectivity index (χ4n) is 1.22. The molecule has 0 aromatic heterocycles. The number of anilines is 2. The van der Waals surface area contributed by atoms with Gasteiger partial charge in [0.25, 0.3) is 0 Å². The molecule has 13 heavy (non-hydrogen) atoms. The highest BCUT2D eigenvalue weighted by atomic mass is 15.1. The first-order valence-electron chi connectivity index (χ1n) is 4.42. The summed E-state index contributed by atoms with van der Waals surface area (Å²) in [6.07, 6.45) is 0. The molecular formula is C10H17N3. The summed E-state index contributed by atoms with van der Waals surface area (Å²) < 4.78 is 0. The van der Waals surface area contributed by atoms with E-state index in [-0.39, 0.29) is 0 Å². The van der Waals surface area contributed by atoms with Gasteiger partial charge in [0.1, 0.15) is 0 Å². The van der Waals surface area contributed by atoms with Crippen LogP contribution in [0, 0.1) is 6.92 Å². The Morgan fingerprint density at radius 2 is 2.08 bits per heavy atom. The molecule has 0 aliphatic rings. The minimum atomic E-state index is 0.667. The quantitative estimate of drug-likeness (QED) is 0.680. The predicted molar refractivity (Wildman–Crippen MR) is 57.9 cm³/mol. The molecule has 3 nitrogen and oxygen atoms in total. The van der Waals surface area contributed by atoms with Gasteiger partial charge in [0, 0.05) is 31.5 Å². The van der Waals surface area contributed by atoms with Crippen molar-refractivity contribution in [3.8, 4) is 0 Å². The number of nitrogens with zero attached hydrogens (tertiary/aromatic N) is 1. The smallest absolute Gasteiger partial charge is 0.0368 e.